The molecule has 5 rings (SSSR count). The molecule has 12 heteroatoms. The number of amides is 1. The van der Waals surface area contributed by atoms with Crippen molar-refractivity contribution in [3.63, 3.8) is 0 Å². The smallest absolute Gasteiger partial charge is 0.410 e. The summed E-state index contributed by atoms with van der Waals surface area (Å²) in [6, 6.07) is 12.4. The molecule has 1 saturated heterocycles. The van der Waals surface area contributed by atoms with Crippen LogP contribution in [0.25, 0.3) is 22.5 Å². The van der Waals surface area contributed by atoms with Gasteiger partial charge < -0.3 is 9.64 Å². The highest BCUT2D eigenvalue weighted by Crippen LogP contribution is 2.30. The first-order chi connectivity index (χ1) is 20.9. The molecule has 3 aromatic heterocycles. The molecule has 1 amide bonds. The number of aromatic nitrogens is 5. The van der Waals surface area contributed by atoms with Crippen molar-refractivity contribution in [2.45, 2.75) is 70.0 Å². The van der Waals surface area contributed by atoms with Crippen molar-refractivity contribution in [1.82, 2.24) is 33.9 Å². The van der Waals surface area contributed by atoms with Crippen LogP contribution in [0, 0.1) is 0 Å². The van der Waals surface area contributed by atoms with Gasteiger partial charge in [0.25, 0.3) is 0 Å². The van der Waals surface area contributed by atoms with Gasteiger partial charge in [0, 0.05) is 75.1 Å². The summed E-state index contributed by atoms with van der Waals surface area (Å²) in [5.74, 6) is 0.619. The van der Waals surface area contributed by atoms with Gasteiger partial charge >= 0.3 is 6.09 Å². The molecule has 4 aromatic rings. The largest absolute Gasteiger partial charge is 0.444 e. The normalized spacial score (nSPS) is 14.6. The van der Waals surface area contributed by atoms with Crippen molar-refractivity contribution < 1.29 is 17.9 Å². The van der Waals surface area contributed by atoms with Crippen LogP contribution in [-0.2, 0) is 27.7 Å². The summed E-state index contributed by atoms with van der Waals surface area (Å²) in [7, 11) is -2.11. The van der Waals surface area contributed by atoms with E-state index in [4.69, 9.17) is 14.8 Å². The van der Waals surface area contributed by atoms with Crippen LogP contribution in [0.5, 0.6) is 0 Å². The number of sulfonamides is 1. The van der Waals surface area contributed by atoms with Crippen LogP contribution in [0.3, 0.4) is 0 Å². The highest BCUT2D eigenvalue weighted by atomic mass is 32.2. The van der Waals surface area contributed by atoms with Gasteiger partial charge in [-0.05, 0) is 76.4 Å². The monoisotopic (exact) mass is 617 g/mol. The van der Waals surface area contributed by atoms with Gasteiger partial charge in [-0.2, -0.15) is 9.40 Å². The average molecular weight is 618 g/mol. The molecular formula is C32H39N7O4S. The number of nitrogens with zero attached hydrogens (tertiary/aromatic N) is 7. The number of carbonyl (C=O) groups is 1. The molecule has 0 spiro atoms. The standard InChI is InChI=1S/C32H39N7O4S/c1-6-39-22-27(30(36-39)24-8-7-16-33-21-24)28-13-17-34-29(35-28)20-23-9-11-26(12-10-23)44(41,42)37(5)25-14-18-38(19-15-25)31(40)43-32(2,3)4/h7-13,16-17,21-22,25H,6,14-15,18-20H2,1-5H3. The van der Waals surface area contributed by atoms with Gasteiger partial charge in [0.05, 0.1) is 10.6 Å². The van der Waals surface area contributed by atoms with Crippen molar-refractivity contribution in [1.29, 1.82) is 0 Å². The summed E-state index contributed by atoms with van der Waals surface area (Å²) in [6.45, 7) is 9.14. The van der Waals surface area contributed by atoms with E-state index in [1.54, 1.807) is 54.8 Å². The third kappa shape index (κ3) is 7.13. The number of hydrogen-bond donors (Lipinski definition) is 0. The Hall–Kier alpha value is -4.16. The molecule has 44 heavy (non-hydrogen) atoms. The Balaban J connectivity index is 1.26. The lowest BCUT2D eigenvalue weighted by Gasteiger charge is -2.36. The molecule has 1 aliphatic heterocycles. The van der Waals surface area contributed by atoms with Crippen LogP contribution in [0.1, 0.15) is 51.9 Å². The summed E-state index contributed by atoms with van der Waals surface area (Å²) in [5.41, 5.74) is 3.69. The molecule has 0 N–H and O–H groups in total. The number of ether oxygens (including phenoxy) is 1. The molecular weight excluding hydrogens is 578 g/mol. The molecule has 0 saturated carbocycles. The lowest BCUT2D eigenvalue weighted by Crippen LogP contribution is -2.48. The minimum absolute atomic E-state index is 0.205. The van der Waals surface area contributed by atoms with E-state index in [1.165, 1.54) is 4.31 Å². The predicted octanol–water partition coefficient (Wildman–Crippen LogP) is 5.03. The number of benzene rings is 1. The fourth-order valence-corrected chi connectivity index (χ4v) is 6.60. The van der Waals surface area contributed by atoms with Crippen LogP contribution >= 0.6 is 0 Å². The number of aryl methyl sites for hydroxylation is 1. The highest BCUT2D eigenvalue weighted by molar-refractivity contribution is 7.89. The fourth-order valence-electron chi connectivity index (χ4n) is 5.18. The minimum Gasteiger partial charge on any atom is -0.444 e. The molecule has 0 atom stereocenters. The molecule has 1 fully saturated rings. The van der Waals surface area contributed by atoms with E-state index in [0.29, 0.717) is 38.2 Å². The average Bonchev–Trinajstić information content (AvgIpc) is 3.46. The van der Waals surface area contributed by atoms with E-state index in [0.717, 1.165) is 34.6 Å². The summed E-state index contributed by atoms with van der Waals surface area (Å²) in [4.78, 5) is 27.8. The summed E-state index contributed by atoms with van der Waals surface area (Å²) < 4.78 is 35.7. The predicted molar refractivity (Wildman–Crippen MR) is 167 cm³/mol. The number of carbonyl (C=O) groups excluding carboxylic acids is 1. The Morgan fingerprint density at radius 2 is 1.80 bits per heavy atom. The maximum absolute atomic E-state index is 13.5. The molecule has 1 aliphatic rings. The first kappa shape index (κ1) is 31.3. The molecule has 0 aliphatic carbocycles. The third-order valence-corrected chi connectivity index (χ3v) is 9.52. The Kier molecular flexibility index (Phi) is 9.12. The molecule has 0 unspecified atom stereocenters. The van der Waals surface area contributed by atoms with Gasteiger partial charge in [-0.1, -0.05) is 12.1 Å². The van der Waals surface area contributed by atoms with Gasteiger partial charge in [0.15, 0.2) is 0 Å². The summed E-state index contributed by atoms with van der Waals surface area (Å²) >= 11 is 0. The van der Waals surface area contributed by atoms with E-state index in [2.05, 4.69) is 9.97 Å². The van der Waals surface area contributed by atoms with Crippen LogP contribution < -0.4 is 0 Å². The van der Waals surface area contributed by atoms with Crippen molar-refractivity contribution in [2.24, 2.45) is 0 Å². The minimum atomic E-state index is -3.72. The lowest BCUT2D eigenvalue weighted by atomic mass is 10.1. The van der Waals surface area contributed by atoms with E-state index in [-0.39, 0.29) is 17.0 Å². The number of hydrogen-bond acceptors (Lipinski definition) is 8. The zero-order chi connectivity index (χ0) is 31.5. The second-order valence-electron chi connectivity index (χ2n) is 11.9. The van der Waals surface area contributed by atoms with Crippen LogP contribution in [0.15, 0.2) is 72.1 Å². The zero-order valence-corrected chi connectivity index (χ0v) is 26.7. The fraction of sp³-hybridized carbons (Fsp3) is 0.406. The summed E-state index contributed by atoms with van der Waals surface area (Å²) in [6.07, 6.45) is 8.39. The molecule has 4 heterocycles. The SMILES string of the molecule is CCn1cc(-c2ccnc(Cc3ccc(S(=O)(=O)N(C)C4CCN(C(=O)OC(C)(C)C)CC4)cc3)n2)c(-c2cccnc2)n1. The number of piperidine rings is 1. The maximum Gasteiger partial charge on any atom is 0.410 e. The highest BCUT2D eigenvalue weighted by Gasteiger charge is 2.33. The molecule has 1 aromatic carbocycles. The van der Waals surface area contributed by atoms with Gasteiger partial charge in [0.2, 0.25) is 10.0 Å². The van der Waals surface area contributed by atoms with Gasteiger partial charge in [-0.25, -0.2) is 23.2 Å². The molecule has 11 nitrogen and oxygen atoms in total. The van der Waals surface area contributed by atoms with Crippen molar-refractivity contribution in [2.75, 3.05) is 20.1 Å². The van der Waals surface area contributed by atoms with Crippen molar-refractivity contribution in [3.05, 3.63) is 78.6 Å². The molecule has 0 bridgehead atoms. The quantitative estimate of drug-likeness (QED) is 0.270. The molecule has 232 valence electrons. The van der Waals surface area contributed by atoms with E-state index >= 15 is 0 Å². The lowest BCUT2D eigenvalue weighted by molar-refractivity contribution is 0.0183. The Labute approximate surface area is 259 Å². The molecule has 0 radical (unpaired) electrons. The Morgan fingerprint density at radius 1 is 1.07 bits per heavy atom. The second kappa shape index (κ2) is 12.8. The van der Waals surface area contributed by atoms with Gasteiger partial charge in [-0.15, -0.1) is 0 Å². The van der Waals surface area contributed by atoms with E-state index in [1.807, 2.05) is 56.8 Å². The van der Waals surface area contributed by atoms with Crippen LogP contribution in [0.2, 0.25) is 0 Å². The first-order valence-electron chi connectivity index (χ1n) is 14.8. The zero-order valence-electron chi connectivity index (χ0n) is 25.8. The van der Waals surface area contributed by atoms with Crippen LogP contribution in [-0.4, -0.2) is 80.2 Å². The van der Waals surface area contributed by atoms with E-state index < -0.39 is 15.6 Å². The van der Waals surface area contributed by atoms with Crippen molar-refractivity contribution in [3.8, 4) is 22.5 Å². The van der Waals surface area contributed by atoms with Gasteiger partial charge in [0.1, 0.15) is 17.1 Å². The number of likely N-dealkylation sites (tertiary alicyclic amines) is 1. The maximum atomic E-state index is 13.5. The number of pyridine rings is 1. The van der Waals surface area contributed by atoms with Crippen LogP contribution in [0.4, 0.5) is 4.79 Å². The first-order valence-corrected chi connectivity index (χ1v) is 16.2. The Morgan fingerprint density at radius 3 is 2.43 bits per heavy atom. The van der Waals surface area contributed by atoms with Gasteiger partial charge in [-0.3, -0.25) is 9.67 Å². The second-order valence-corrected chi connectivity index (χ2v) is 13.9. The summed E-state index contributed by atoms with van der Waals surface area (Å²) in [5, 5.41) is 4.73. The van der Waals surface area contributed by atoms with Crippen molar-refractivity contribution >= 4 is 16.1 Å². The van der Waals surface area contributed by atoms with E-state index in [9.17, 15) is 13.2 Å². The Bertz CT molecular complexity index is 1690. The third-order valence-electron chi connectivity index (χ3n) is 7.60. The number of rotatable bonds is 8. The topological polar surface area (TPSA) is 123 Å².